The average Bonchev–Trinajstić information content (AvgIpc) is 3.16. The largest absolute Gasteiger partial charge is 0.350 e. The van der Waals surface area contributed by atoms with Gasteiger partial charge in [0, 0.05) is 37.1 Å². The minimum absolute atomic E-state index is 0.0459. The standard InChI is InChI=1S/C21H25FN8O/c1-12(2)18-20(31)27-17-13(3)26-21(28-19(17)29(18)4)24-7-14-8-25-30(10-14)11-15-5-6-23-9-16(15)22/h5-6,8-10,12,18H,7,11H2,1-4H3,(H,27,31)(H,24,26,28)/t18-/m0/s1. The lowest BCUT2D eigenvalue weighted by Crippen LogP contribution is -2.49. The molecule has 0 fully saturated rings. The van der Waals surface area contributed by atoms with Gasteiger partial charge in [-0.25, -0.2) is 9.37 Å². The number of anilines is 3. The molecule has 0 bridgehead atoms. The zero-order valence-electron chi connectivity index (χ0n) is 17.9. The first kappa shape index (κ1) is 20.7. The van der Waals surface area contributed by atoms with Crippen molar-refractivity contribution in [2.75, 3.05) is 22.6 Å². The quantitative estimate of drug-likeness (QED) is 0.627. The highest BCUT2D eigenvalue weighted by atomic mass is 19.1. The van der Waals surface area contributed by atoms with E-state index in [4.69, 9.17) is 0 Å². The molecule has 9 nitrogen and oxygen atoms in total. The number of aryl methyl sites for hydroxylation is 1. The van der Waals surface area contributed by atoms with Crippen LogP contribution in [0, 0.1) is 18.7 Å². The van der Waals surface area contributed by atoms with Crippen LogP contribution >= 0.6 is 0 Å². The van der Waals surface area contributed by atoms with Gasteiger partial charge in [0.2, 0.25) is 11.9 Å². The Morgan fingerprint density at radius 2 is 2.10 bits per heavy atom. The number of fused-ring (bicyclic) bond motifs is 1. The van der Waals surface area contributed by atoms with Crippen LogP contribution in [0.1, 0.15) is 30.7 Å². The molecule has 0 radical (unpaired) electrons. The van der Waals surface area contributed by atoms with Crippen LogP contribution in [0.5, 0.6) is 0 Å². The van der Waals surface area contributed by atoms with Gasteiger partial charge in [-0.1, -0.05) is 13.8 Å². The van der Waals surface area contributed by atoms with Gasteiger partial charge >= 0.3 is 0 Å². The van der Waals surface area contributed by atoms with Crippen LogP contribution in [0.15, 0.2) is 30.9 Å². The fraction of sp³-hybridized carbons (Fsp3) is 0.381. The summed E-state index contributed by atoms with van der Waals surface area (Å²) in [6, 6.07) is 1.35. The third-order valence-electron chi connectivity index (χ3n) is 5.30. The highest BCUT2D eigenvalue weighted by Crippen LogP contribution is 2.34. The third kappa shape index (κ3) is 4.18. The highest BCUT2D eigenvalue weighted by molar-refractivity contribution is 6.03. The summed E-state index contributed by atoms with van der Waals surface area (Å²) in [5, 5.41) is 10.5. The normalized spacial score (nSPS) is 15.7. The van der Waals surface area contributed by atoms with E-state index < -0.39 is 0 Å². The van der Waals surface area contributed by atoms with E-state index >= 15 is 0 Å². The molecule has 162 valence electrons. The Kier molecular flexibility index (Phi) is 5.53. The topological polar surface area (TPSA) is 101 Å². The van der Waals surface area contributed by atoms with E-state index in [1.165, 1.54) is 6.20 Å². The van der Waals surface area contributed by atoms with Crippen molar-refractivity contribution in [3.63, 3.8) is 0 Å². The van der Waals surface area contributed by atoms with E-state index in [0.717, 1.165) is 5.56 Å². The Balaban J connectivity index is 1.48. The predicted octanol–water partition coefficient (Wildman–Crippen LogP) is 2.59. The number of aromatic nitrogens is 5. The molecule has 4 heterocycles. The van der Waals surface area contributed by atoms with Crippen molar-refractivity contribution in [3.8, 4) is 0 Å². The van der Waals surface area contributed by atoms with Crippen molar-refractivity contribution in [2.24, 2.45) is 5.92 Å². The van der Waals surface area contributed by atoms with Crippen LogP contribution in [0.2, 0.25) is 0 Å². The van der Waals surface area contributed by atoms with Crippen LogP contribution in [0.4, 0.5) is 21.8 Å². The highest BCUT2D eigenvalue weighted by Gasteiger charge is 2.35. The van der Waals surface area contributed by atoms with Gasteiger partial charge < -0.3 is 15.5 Å². The first-order valence-corrected chi connectivity index (χ1v) is 10.1. The molecule has 3 aromatic heterocycles. The van der Waals surface area contributed by atoms with Crippen LogP contribution in [-0.4, -0.2) is 43.7 Å². The van der Waals surface area contributed by atoms with Gasteiger partial charge in [-0.05, 0) is 18.9 Å². The van der Waals surface area contributed by atoms with Crippen molar-refractivity contribution in [2.45, 2.75) is 39.9 Å². The fourth-order valence-electron chi connectivity index (χ4n) is 3.77. The van der Waals surface area contributed by atoms with E-state index in [9.17, 15) is 9.18 Å². The second-order valence-corrected chi connectivity index (χ2v) is 7.99. The first-order valence-electron chi connectivity index (χ1n) is 10.1. The summed E-state index contributed by atoms with van der Waals surface area (Å²) in [6.45, 7) is 6.64. The van der Waals surface area contributed by atoms with Gasteiger partial charge in [0.05, 0.1) is 24.6 Å². The van der Waals surface area contributed by atoms with Gasteiger partial charge in [-0.3, -0.25) is 14.5 Å². The van der Waals surface area contributed by atoms with E-state index in [1.807, 2.05) is 38.9 Å². The minimum Gasteiger partial charge on any atom is -0.350 e. The van der Waals surface area contributed by atoms with Crippen molar-refractivity contribution in [3.05, 3.63) is 53.5 Å². The molecule has 0 aromatic carbocycles. The monoisotopic (exact) mass is 424 g/mol. The number of rotatable bonds is 6. The lowest BCUT2D eigenvalue weighted by Gasteiger charge is -2.36. The third-order valence-corrected chi connectivity index (χ3v) is 5.30. The molecule has 0 aliphatic carbocycles. The maximum atomic E-state index is 13.8. The Labute approximate surface area is 179 Å². The maximum Gasteiger partial charge on any atom is 0.247 e. The van der Waals surface area contributed by atoms with E-state index in [0.29, 0.717) is 41.8 Å². The number of likely N-dealkylation sites (N-methyl/N-ethyl adjacent to an activating group) is 1. The SMILES string of the molecule is Cc1nc(NCc2cnn(Cc3ccncc3F)c2)nc2c1NC(=O)[C@H](C(C)C)N2C. The van der Waals surface area contributed by atoms with E-state index in [2.05, 4.69) is 30.7 Å². The molecule has 0 saturated carbocycles. The molecule has 10 heteroatoms. The minimum atomic E-state index is -0.355. The molecule has 3 aromatic rings. The number of carbonyl (C=O) groups excluding carboxylic acids is 1. The van der Waals surface area contributed by atoms with Crippen molar-refractivity contribution < 1.29 is 9.18 Å². The maximum absolute atomic E-state index is 13.8. The molecule has 0 saturated heterocycles. The molecular weight excluding hydrogens is 399 g/mol. The lowest BCUT2D eigenvalue weighted by molar-refractivity contribution is -0.118. The van der Waals surface area contributed by atoms with Gasteiger partial charge in [0.15, 0.2) is 5.82 Å². The second-order valence-electron chi connectivity index (χ2n) is 7.99. The molecule has 31 heavy (non-hydrogen) atoms. The zero-order valence-corrected chi connectivity index (χ0v) is 17.9. The molecule has 1 aliphatic rings. The summed E-state index contributed by atoms with van der Waals surface area (Å²) in [5.74, 6) is 0.898. The van der Waals surface area contributed by atoms with Crippen molar-refractivity contribution in [1.29, 1.82) is 0 Å². The molecule has 1 aliphatic heterocycles. The predicted molar refractivity (Wildman–Crippen MR) is 115 cm³/mol. The number of hydrogen-bond acceptors (Lipinski definition) is 7. The Morgan fingerprint density at radius 1 is 1.29 bits per heavy atom. The first-order chi connectivity index (χ1) is 14.8. The molecule has 1 atom stereocenters. The van der Waals surface area contributed by atoms with Crippen LogP contribution < -0.4 is 15.5 Å². The number of amides is 1. The van der Waals surface area contributed by atoms with Gasteiger partial charge in [0.1, 0.15) is 17.5 Å². The summed E-state index contributed by atoms with van der Waals surface area (Å²) >= 11 is 0. The Hall–Kier alpha value is -3.56. The fourth-order valence-corrected chi connectivity index (χ4v) is 3.77. The van der Waals surface area contributed by atoms with Crippen LogP contribution in [0.25, 0.3) is 0 Å². The Bertz CT molecular complexity index is 1110. The van der Waals surface area contributed by atoms with Crippen molar-refractivity contribution in [1.82, 2.24) is 24.7 Å². The Morgan fingerprint density at radius 3 is 2.84 bits per heavy atom. The zero-order chi connectivity index (χ0) is 22.1. The molecule has 1 amide bonds. The number of halogens is 1. The van der Waals surface area contributed by atoms with Crippen LogP contribution in [-0.2, 0) is 17.9 Å². The van der Waals surface area contributed by atoms with E-state index in [-0.39, 0.29) is 23.7 Å². The van der Waals surface area contributed by atoms with Gasteiger partial charge in [-0.15, -0.1) is 0 Å². The molecule has 4 rings (SSSR count). The van der Waals surface area contributed by atoms with E-state index in [1.54, 1.807) is 23.1 Å². The molecular formula is C21H25FN8O. The number of nitrogens with one attached hydrogen (secondary N) is 2. The summed E-state index contributed by atoms with van der Waals surface area (Å²) in [7, 11) is 1.88. The lowest BCUT2D eigenvalue weighted by atomic mass is 9.99. The molecule has 0 spiro atoms. The number of nitrogens with zero attached hydrogens (tertiary/aromatic N) is 6. The molecule has 2 N–H and O–H groups in total. The smallest absolute Gasteiger partial charge is 0.247 e. The van der Waals surface area contributed by atoms with Crippen LogP contribution in [0.3, 0.4) is 0 Å². The van der Waals surface area contributed by atoms with Crippen molar-refractivity contribution >= 4 is 23.4 Å². The number of carbonyl (C=O) groups is 1. The summed E-state index contributed by atoms with van der Waals surface area (Å²) in [6.07, 6.45) is 6.32. The summed E-state index contributed by atoms with van der Waals surface area (Å²) < 4.78 is 15.5. The van der Waals surface area contributed by atoms with Gasteiger partial charge in [-0.2, -0.15) is 10.1 Å². The van der Waals surface area contributed by atoms with Gasteiger partial charge in [0.25, 0.3) is 0 Å². The summed E-state index contributed by atoms with van der Waals surface area (Å²) in [4.78, 5) is 27.2. The second kappa shape index (κ2) is 8.29. The number of hydrogen-bond donors (Lipinski definition) is 2. The average molecular weight is 424 g/mol. The summed E-state index contributed by atoms with van der Waals surface area (Å²) in [5.41, 5.74) is 2.77. The number of pyridine rings is 1. The molecule has 0 unspecified atom stereocenters.